The molecule has 120 valence electrons. The number of hydrogen-bond acceptors (Lipinski definition) is 3. The van der Waals surface area contributed by atoms with E-state index in [1.165, 1.54) is 39.2 Å². The van der Waals surface area contributed by atoms with Crippen molar-refractivity contribution in [3.8, 4) is 5.75 Å². The first-order valence-corrected chi connectivity index (χ1v) is 8.40. The fourth-order valence-corrected chi connectivity index (χ4v) is 4.13. The monoisotopic (exact) mass is 322 g/mol. The number of halogens is 1. The number of benzene rings is 1. The lowest BCUT2D eigenvalue weighted by atomic mass is 9.70. The van der Waals surface area contributed by atoms with Crippen LogP contribution in [0.15, 0.2) is 12.1 Å². The molecule has 0 radical (unpaired) electrons. The Hall–Kier alpha value is -1.42. The number of carbonyl (C=O) groups is 1. The smallest absolute Gasteiger partial charge is 0.255 e. The van der Waals surface area contributed by atoms with Crippen LogP contribution in [-0.4, -0.2) is 19.1 Å². The van der Waals surface area contributed by atoms with Gasteiger partial charge in [0.25, 0.3) is 5.91 Å². The van der Waals surface area contributed by atoms with Gasteiger partial charge in [-0.15, -0.1) is 0 Å². The van der Waals surface area contributed by atoms with Gasteiger partial charge in [0.2, 0.25) is 0 Å². The topological polar surface area (TPSA) is 64.3 Å². The summed E-state index contributed by atoms with van der Waals surface area (Å²) in [4.78, 5) is 12.6. The van der Waals surface area contributed by atoms with Crippen LogP contribution in [0, 0.1) is 11.8 Å². The van der Waals surface area contributed by atoms with Crippen molar-refractivity contribution in [2.45, 2.75) is 44.6 Å². The minimum Gasteiger partial charge on any atom is -0.496 e. The van der Waals surface area contributed by atoms with Crippen molar-refractivity contribution in [2.75, 3.05) is 12.8 Å². The first-order valence-electron chi connectivity index (χ1n) is 8.02. The Labute approximate surface area is 136 Å². The Morgan fingerprint density at radius 3 is 2.91 bits per heavy atom. The number of nitrogens with one attached hydrogen (secondary N) is 1. The summed E-state index contributed by atoms with van der Waals surface area (Å²) >= 11 is 6.05. The zero-order valence-electron chi connectivity index (χ0n) is 12.9. The lowest BCUT2D eigenvalue weighted by Gasteiger charge is -2.40. The van der Waals surface area contributed by atoms with Crippen molar-refractivity contribution in [3.63, 3.8) is 0 Å². The maximum absolute atomic E-state index is 12.6. The molecule has 2 aliphatic carbocycles. The lowest BCUT2D eigenvalue weighted by Crippen LogP contribution is -2.45. The van der Waals surface area contributed by atoms with Crippen molar-refractivity contribution in [3.05, 3.63) is 22.7 Å². The molecule has 0 saturated heterocycles. The van der Waals surface area contributed by atoms with Crippen molar-refractivity contribution in [2.24, 2.45) is 11.8 Å². The molecule has 1 aromatic rings. The number of amides is 1. The van der Waals surface area contributed by atoms with Gasteiger partial charge >= 0.3 is 0 Å². The van der Waals surface area contributed by atoms with Crippen LogP contribution in [0.3, 0.4) is 0 Å². The number of ether oxygens (including phenoxy) is 1. The Bertz CT molecular complexity index is 576. The minimum atomic E-state index is -0.118. The van der Waals surface area contributed by atoms with Crippen LogP contribution >= 0.6 is 11.6 Å². The highest BCUT2D eigenvalue weighted by Crippen LogP contribution is 2.40. The first-order chi connectivity index (χ1) is 10.6. The van der Waals surface area contributed by atoms with Gasteiger partial charge in [-0.25, -0.2) is 0 Å². The van der Waals surface area contributed by atoms with Crippen molar-refractivity contribution in [1.29, 1.82) is 0 Å². The average molecular weight is 323 g/mol. The van der Waals surface area contributed by atoms with Gasteiger partial charge in [-0.3, -0.25) is 4.79 Å². The predicted octanol–water partition coefficient (Wildman–Crippen LogP) is 3.63. The summed E-state index contributed by atoms with van der Waals surface area (Å²) in [6.07, 6.45) is 7.43. The van der Waals surface area contributed by atoms with Crippen molar-refractivity contribution < 1.29 is 9.53 Å². The third kappa shape index (κ3) is 3.02. The summed E-state index contributed by atoms with van der Waals surface area (Å²) in [7, 11) is 1.53. The van der Waals surface area contributed by atoms with E-state index in [-0.39, 0.29) is 11.9 Å². The number of carbonyl (C=O) groups excluding carboxylic acids is 1. The largest absolute Gasteiger partial charge is 0.496 e. The second kappa shape index (κ2) is 6.37. The SMILES string of the molecule is COc1cc(N)c(Cl)cc1C(=O)NC1CCC2CCCC1C2. The second-order valence-electron chi connectivity index (χ2n) is 6.52. The van der Waals surface area contributed by atoms with Crippen LogP contribution in [0.5, 0.6) is 5.75 Å². The average Bonchev–Trinajstić information content (AvgIpc) is 2.52. The molecule has 1 aromatic carbocycles. The fraction of sp³-hybridized carbons (Fsp3) is 0.588. The number of fused-ring (bicyclic) bond motifs is 2. The summed E-state index contributed by atoms with van der Waals surface area (Å²) in [6.45, 7) is 0. The van der Waals surface area contributed by atoms with Gasteiger partial charge in [0, 0.05) is 12.1 Å². The van der Waals surface area contributed by atoms with E-state index in [1.807, 2.05) is 0 Å². The third-order valence-corrected chi connectivity index (χ3v) is 5.49. The van der Waals surface area contributed by atoms with Gasteiger partial charge in [-0.2, -0.15) is 0 Å². The van der Waals surface area contributed by atoms with E-state index in [0.717, 1.165) is 12.3 Å². The van der Waals surface area contributed by atoms with Crippen LogP contribution in [0.25, 0.3) is 0 Å². The number of nitrogens with two attached hydrogens (primary N) is 1. The number of methoxy groups -OCH3 is 1. The van der Waals surface area contributed by atoms with Crippen LogP contribution in [0.2, 0.25) is 5.02 Å². The molecule has 3 N–H and O–H groups in total. The molecular weight excluding hydrogens is 300 g/mol. The summed E-state index contributed by atoms with van der Waals surface area (Å²) in [6, 6.07) is 3.47. The minimum absolute atomic E-state index is 0.118. The van der Waals surface area contributed by atoms with Crippen molar-refractivity contribution >= 4 is 23.2 Å². The third-order valence-electron chi connectivity index (χ3n) is 5.16. The zero-order chi connectivity index (χ0) is 15.7. The van der Waals surface area contributed by atoms with Crippen LogP contribution in [0.1, 0.15) is 48.9 Å². The van der Waals surface area contributed by atoms with E-state index in [4.69, 9.17) is 22.1 Å². The standard InChI is InChI=1S/C17H23ClN2O2/c1-22-16-9-14(19)13(18)8-12(16)17(21)20-15-6-5-10-3-2-4-11(15)7-10/h8-11,15H,2-7,19H2,1H3,(H,20,21). The Balaban J connectivity index is 1.75. The molecule has 2 aliphatic rings. The van der Waals surface area contributed by atoms with Crippen molar-refractivity contribution in [1.82, 2.24) is 5.32 Å². The molecular formula is C17H23ClN2O2. The van der Waals surface area contributed by atoms with Gasteiger partial charge in [-0.1, -0.05) is 24.4 Å². The van der Waals surface area contributed by atoms with E-state index in [1.54, 1.807) is 12.1 Å². The first kappa shape index (κ1) is 15.5. The molecule has 2 fully saturated rings. The molecule has 0 aliphatic heterocycles. The summed E-state index contributed by atoms with van der Waals surface area (Å²) < 4.78 is 5.27. The predicted molar refractivity (Wildman–Crippen MR) is 88.4 cm³/mol. The number of rotatable bonds is 3. The van der Waals surface area contributed by atoms with E-state index in [9.17, 15) is 4.79 Å². The van der Waals surface area contributed by atoms with E-state index in [0.29, 0.717) is 27.9 Å². The van der Waals surface area contributed by atoms with Gasteiger partial charge < -0.3 is 15.8 Å². The number of nitrogen functional groups attached to an aromatic ring is 1. The van der Waals surface area contributed by atoms with E-state index < -0.39 is 0 Å². The normalized spacial score (nSPS) is 27.3. The number of hydrogen-bond donors (Lipinski definition) is 2. The van der Waals surface area contributed by atoms with Gasteiger partial charge in [0.15, 0.2) is 0 Å². The van der Waals surface area contributed by atoms with Crippen LogP contribution < -0.4 is 15.8 Å². The molecule has 0 aromatic heterocycles. The quantitative estimate of drug-likeness (QED) is 0.835. The zero-order valence-corrected chi connectivity index (χ0v) is 13.7. The molecule has 4 nitrogen and oxygen atoms in total. The summed E-state index contributed by atoms with van der Waals surface area (Å²) in [5.74, 6) is 1.84. The van der Waals surface area contributed by atoms with Gasteiger partial charge in [-0.05, 0) is 43.6 Å². The molecule has 3 atom stereocenters. The molecule has 2 bridgehead atoms. The van der Waals surface area contributed by atoms with Crippen LogP contribution in [0.4, 0.5) is 5.69 Å². The molecule has 22 heavy (non-hydrogen) atoms. The molecule has 0 spiro atoms. The van der Waals surface area contributed by atoms with E-state index >= 15 is 0 Å². The highest BCUT2D eigenvalue weighted by Gasteiger charge is 2.34. The highest BCUT2D eigenvalue weighted by atomic mass is 35.5. The van der Waals surface area contributed by atoms with Crippen LogP contribution in [-0.2, 0) is 0 Å². The Kier molecular flexibility index (Phi) is 4.48. The van der Waals surface area contributed by atoms with Gasteiger partial charge in [0.05, 0.1) is 23.4 Å². The lowest BCUT2D eigenvalue weighted by molar-refractivity contribution is 0.0848. The fourth-order valence-electron chi connectivity index (χ4n) is 3.96. The molecule has 3 unspecified atom stereocenters. The summed E-state index contributed by atoms with van der Waals surface area (Å²) in [5.41, 5.74) is 6.65. The maximum Gasteiger partial charge on any atom is 0.255 e. The molecule has 5 heteroatoms. The van der Waals surface area contributed by atoms with E-state index in [2.05, 4.69) is 5.32 Å². The molecule has 3 rings (SSSR count). The maximum atomic E-state index is 12.6. The number of anilines is 1. The van der Waals surface area contributed by atoms with Gasteiger partial charge in [0.1, 0.15) is 5.75 Å². The Morgan fingerprint density at radius 1 is 1.32 bits per heavy atom. The molecule has 2 saturated carbocycles. The Morgan fingerprint density at radius 2 is 2.14 bits per heavy atom. The molecule has 1 amide bonds. The second-order valence-corrected chi connectivity index (χ2v) is 6.93. The highest BCUT2D eigenvalue weighted by molar-refractivity contribution is 6.33. The molecule has 0 heterocycles. The summed E-state index contributed by atoms with van der Waals surface area (Å²) in [5, 5.41) is 3.58.